The van der Waals surface area contributed by atoms with Crippen LogP contribution in [-0.4, -0.2) is 14.9 Å². The van der Waals surface area contributed by atoms with Gasteiger partial charge in [0, 0.05) is 10.2 Å². The molecular weight excluding hydrogens is 292 g/mol. The first-order valence-corrected chi connectivity index (χ1v) is 6.82. The molecule has 4 heteroatoms. The Morgan fingerprint density at radius 1 is 1.33 bits per heavy atom. The Morgan fingerprint density at radius 3 is 2.56 bits per heavy atom. The molecular formula is C14H17BrN2O. The fraction of sp³-hybridized carbons (Fsp3) is 0.357. The van der Waals surface area contributed by atoms with Gasteiger partial charge in [0.05, 0.1) is 18.0 Å². The Morgan fingerprint density at radius 2 is 2.06 bits per heavy atom. The number of aliphatic hydroxyl groups is 1. The molecule has 3 nitrogen and oxygen atoms in total. The second kappa shape index (κ2) is 5.24. The van der Waals surface area contributed by atoms with Gasteiger partial charge in [0.15, 0.2) is 0 Å². The van der Waals surface area contributed by atoms with E-state index in [0.717, 1.165) is 27.8 Å². The van der Waals surface area contributed by atoms with Crippen LogP contribution < -0.4 is 0 Å². The molecule has 0 saturated carbocycles. The van der Waals surface area contributed by atoms with Crippen molar-refractivity contribution in [2.24, 2.45) is 0 Å². The molecule has 0 aliphatic heterocycles. The summed E-state index contributed by atoms with van der Waals surface area (Å²) < 4.78 is 2.90. The SMILES string of the molecule is CCc1c(C)nn(-c2ccc(CO)cc2Br)c1C. The molecule has 96 valence electrons. The van der Waals surface area contributed by atoms with Gasteiger partial charge in [-0.3, -0.25) is 0 Å². The molecule has 0 bridgehead atoms. The van der Waals surface area contributed by atoms with Crippen molar-refractivity contribution < 1.29 is 5.11 Å². The van der Waals surface area contributed by atoms with Crippen molar-refractivity contribution in [1.82, 2.24) is 9.78 Å². The molecule has 1 aromatic carbocycles. The minimum absolute atomic E-state index is 0.0518. The van der Waals surface area contributed by atoms with Crippen molar-refractivity contribution >= 4 is 15.9 Å². The van der Waals surface area contributed by atoms with Crippen LogP contribution >= 0.6 is 15.9 Å². The first-order valence-electron chi connectivity index (χ1n) is 6.03. The van der Waals surface area contributed by atoms with E-state index in [2.05, 4.69) is 34.9 Å². The predicted molar refractivity (Wildman–Crippen MR) is 76.0 cm³/mol. The number of halogens is 1. The minimum atomic E-state index is 0.0518. The van der Waals surface area contributed by atoms with Crippen molar-refractivity contribution in [2.45, 2.75) is 33.8 Å². The highest BCUT2D eigenvalue weighted by Crippen LogP contribution is 2.25. The van der Waals surface area contributed by atoms with E-state index in [1.807, 2.05) is 29.8 Å². The Labute approximate surface area is 116 Å². The van der Waals surface area contributed by atoms with Crippen LogP contribution in [0.5, 0.6) is 0 Å². The van der Waals surface area contributed by atoms with Gasteiger partial charge in [0.1, 0.15) is 0 Å². The highest BCUT2D eigenvalue weighted by Gasteiger charge is 2.13. The number of aryl methyl sites for hydroxylation is 1. The van der Waals surface area contributed by atoms with Gasteiger partial charge in [0.25, 0.3) is 0 Å². The topological polar surface area (TPSA) is 38.0 Å². The molecule has 18 heavy (non-hydrogen) atoms. The Bertz CT molecular complexity index is 575. The lowest BCUT2D eigenvalue weighted by atomic mass is 10.1. The normalized spacial score (nSPS) is 10.9. The van der Waals surface area contributed by atoms with Gasteiger partial charge in [0.2, 0.25) is 0 Å². The summed E-state index contributed by atoms with van der Waals surface area (Å²) in [4.78, 5) is 0. The minimum Gasteiger partial charge on any atom is -0.392 e. The Kier molecular flexibility index (Phi) is 3.88. The zero-order chi connectivity index (χ0) is 13.3. The quantitative estimate of drug-likeness (QED) is 0.944. The fourth-order valence-electron chi connectivity index (χ4n) is 2.24. The lowest BCUT2D eigenvalue weighted by Gasteiger charge is -2.08. The molecule has 2 rings (SSSR count). The van der Waals surface area contributed by atoms with Gasteiger partial charge in [-0.2, -0.15) is 5.10 Å². The van der Waals surface area contributed by atoms with E-state index in [9.17, 15) is 0 Å². The van der Waals surface area contributed by atoms with Crippen molar-refractivity contribution in [3.8, 4) is 5.69 Å². The van der Waals surface area contributed by atoms with E-state index in [0.29, 0.717) is 0 Å². The van der Waals surface area contributed by atoms with Gasteiger partial charge < -0.3 is 5.11 Å². The summed E-state index contributed by atoms with van der Waals surface area (Å²) in [6.45, 7) is 6.32. The van der Waals surface area contributed by atoms with Crippen LogP contribution in [0.4, 0.5) is 0 Å². The maximum atomic E-state index is 9.12. The zero-order valence-corrected chi connectivity index (χ0v) is 12.5. The van der Waals surface area contributed by atoms with E-state index in [1.165, 1.54) is 11.3 Å². The second-order valence-electron chi connectivity index (χ2n) is 4.36. The smallest absolute Gasteiger partial charge is 0.0791 e. The van der Waals surface area contributed by atoms with E-state index in [-0.39, 0.29) is 6.61 Å². The van der Waals surface area contributed by atoms with Crippen molar-refractivity contribution in [1.29, 1.82) is 0 Å². The molecule has 0 atom stereocenters. The molecule has 1 aromatic heterocycles. The van der Waals surface area contributed by atoms with Crippen LogP contribution in [0.1, 0.15) is 29.4 Å². The van der Waals surface area contributed by atoms with Gasteiger partial charge in [-0.15, -0.1) is 0 Å². The number of hydrogen-bond donors (Lipinski definition) is 1. The second-order valence-corrected chi connectivity index (χ2v) is 5.21. The first kappa shape index (κ1) is 13.3. The van der Waals surface area contributed by atoms with Crippen LogP contribution in [-0.2, 0) is 13.0 Å². The third-order valence-corrected chi connectivity index (χ3v) is 3.85. The monoisotopic (exact) mass is 308 g/mol. The average molecular weight is 309 g/mol. The van der Waals surface area contributed by atoms with E-state index in [4.69, 9.17) is 5.11 Å². The van der Waals surface area contributed by atoms with Crippen molar-refractivity contribution in [3.63, 3.8) is 0 Å². The highest BCUT2D eigenvalue weighted by atomic mass is 79.9. The number of hydrogen-bond acceptors (Lipinski definition) is 2. The summed E-state index contributed by atoms with van der Waals surface area (Å²) in [6.07, 6.45) is 0.990. The standard InChI is InChI=1S/C14H17BrN2O/c1-4-12-9(2)16-17(10(12)3)14-6-5-11(8-18)7-13(14)15/h5-7,18H,4,8H2,1-3H3. The molecule has 0 fully saturated rings. The maximum absolute atomic E-state index is 9.12. The third kappa shape index (κ3) is 2.22. The lowest BCUT2D eigenvalue weighted by molar-refractivity contribution is 0.282. The summed E-state index contributed by atoms with van der Waals surface area (Å²) in [7, 11) is 0. The number of benzene rings is 1. The molecule has 1 N–H and O–H groups in total. The summed E-state index contributed by atoms with van der Waals surface area (Å²) in [5, 5.41) is 13.7. The Balaban J connectivity index is 2.55. The predicted octanol–water partition coefficient (Wildman–Crippen LogP) is 3.31. The van der Waals surface area contributed by atoms with Crippen LogP contribution in [0.15, 0.2) is 22.7 Å². The molecule has 2 aromatic rings. The third-order valence-electron chi connectivity index (χ3n) is 3.22. The average Bonchev–Trinajstić information content (AvgIpc) is 2.64. The summed E-state index contributed by atoms with van der Waals surface area (Å²) in [6, 6.07) is 5.83. The number of rotatable bonds is 3. The number of nitrogens with zero attached hydrogens (tertiary/aromatic N) is 2. The molecule has 0 aliphatic rings. The fourth-order valence-corrected chi connectivity index (χ4v) is 2.84. The molecule has 0 unspecified atom stereocenters. The van der Waals surface area contributed by atoms with Crippen molar-refractivity contribution in [3.05, 3.63) is 45.2 Å². The highest BCUT2D eigenvalue weighted by molar-refractivity contribution is 9.10. The Hall–Kier alpha value is -1.13. The van der Waals surface area contributed by atoms with Crippen LogP contribution in [0.2, 0.25) is 0 Å². The van der Waals surface area contributed by atoms with Crippen LogP contribution in [0.3, 0.4) is 0 Å². The molecule has 0 radical (unpaired) electrons. The summed E-state index contributed by atoms with van der Waals surface area (Å²) in [5.41, 5.74) is 5.45. The van der Waals surface area contributed by atoms with Crippen molar-refractivity contribution in [2.75, 3.05) is 0 Å². The largest absolute Gasteiger partial charge is 0.392 e. The first-order chi connectivity index (χ1) is 8.58. The number of aromatic nitrogens is 2. The van der Waals surface area contributed by atoms with E-state index >= 15 is 0 Å². The van der Waals surface area contributed by atoms with E-state index < -0.39 is 0 Å². The van der Waals surface area contributed by atoms with Gasteiger partial charge >= 0.3 is 0 Å². The molecule has 0 spiro atoms. The molecule has 1 heterocycles. The molecule has 0 amide bonds. The van der Waals surface area contributed by atoms with Crippen LogP contribution in [0.25, 0.3) is 5.69 Å². The summed E-state index contributed by atoms with van der Waals surface area (Å²) >= 11 is 3.54. The van der Waals surface area contributed by atoms with Gasteiger partial charge in [-0.25, -0.2) is 4.68 Å². The molecule has 0 aliphatic carbocycles. The zero-order valence-electron chi connectivity index (χ0n) is 10.9. The summed E-state index contributed by atoms with van der Waals surface area (Å²) in [5.74, 6) is 0. The maximum Gasteiger partial charge on any atom is 0.0791 e. The van der Waals surface area contributed by atoms with E-state index in [1.54, 1.807) is 0 Å². The lowest BCUT2D eigenvalue weighted by Crippen LogP contribution is -2.01. The van der Waals surface area contributed by atoms with Gasteiger partial charge in [-0.1, -0.05) is 13.0 Å². The van der Waals surface area contributed by atoms with Crippen LogP contribution in [0, 0.1) is 13.8 Å². The van der Waals surface area contributed by atoms with Gasteiger partial charge in [-0.05, 0) is 59.5 Å². The molecule has 0 saturated heterocycles. The number of aliphatic hydroxyl groups excluding tert-OH is 1.